The van der Waals surface area contributed by atoms with Crippen molar-refractivity contribution in [1.82, 2.24) is 4.98 Å². The van der Waals surface area contributed by atoms with Gasteiger partial charge in [-0.15, -0.1) is 0 Å². The summed E-state index contributed by atoms with van der Waals surface area (Å²) in [6.07, 6.45) is 0.202. The predicted octanol–water partition coefficient (Wildman–Crippen LogP) is 2.76. The van der Waals surface area contributed by atoms with Crippen molar-refractivity contribution in [2.75, 3.05) is 18.0 Å². The molecule has 0 saturated carbocycles. The van der Waals surface area contributed by atoms with Gasteiger partial charge in [0, 0.05) is 13.1 Å². The second-order valence-corrected chi connectivity index (χ2v) is 7.25. The number of hydrogen-bond acceptors (Lipinski definition) is 5. The third-order valence-corrected chi connectivity index (χ3v) is 4.36. The molecule has 1 fully saturated rings. The fourth-order valence-corrected chi connectivity index (χ4v) is 3.73. The molecule has 2 rings (SSSR count). The summed E-state index contributed by atoms with van der Waals surface area (Å²) in [6.45, 7) is 12.3. The summed E-state index contributed by atoms with van der Waals surface area (Å²) in [4.78, 5) is 8.00. The van der Waals surface area contributed by atoms with Crippen LogP contribution in [0.3, 0.4) is 0 Å². The standard InChI is InChI=1S/C14H24N2O2S/c1-9(2)12-11(7-17)19-13(15-12)16-6-10(3)18-14(4,5)8-16/h9-10,17H,6-8H2,1-5H3. The summed E-state index contributed by atoms with van der Waals surface area (Å²) in [6, 6.07) is 0. The zero-order chi connectivity index (χ0) is 14.2. The van der Waals surface area contributed by atoms with Crippen molar-refractivity contribution in [1.29, 1.82) is 0 Å². The first-order valence-electron chi connectivity index (χ1n) is 6.85. The molecule has 0 aliphatic carbocycles. The zero-order valence-corrected chi connectivity index (χ0v) is 13.3. The van der Waals surface area contributed by atoms with Crippen LogP contribution in [0.1, 0.15) is 51.1 Å². The molecule has 1 aromatic rings. The maximum absolute atomic E-state index is 9.46. The Morgan fingerprint density at radius 1 is 1.53 bits per heavy atom. The molecule has 4 nitrogen and oxygen atoms in total. The lowest BCUT2D eigenvalue weighted by Gasteiger charge is -2.41. The average Bonchev–Trinajstić information content (AvgIpc) is 2.70. The maximum Gasteiger partial charge on any atom is 0.186 e. The molecule has 1 N–H and O–H groups in total. The third-order valence-electron chi connectivity index (χ3n) is 3.25. The third kappa shape index (κ3) is 3.27. The van der Waals surface area contributed by atoms with Gasteiger partial charge < -0.3 is 14.7 Å². The Kier molecular flexibility index (Phi) is 4.18. The van der Waals surface area contributed by atoms with Crippen molar-refractivity contribution < 1.29 is 9.84 Å². The first kappa shape index (κ1) is 14.8. The SMILES string of the molecule is CC1CN(c2nc(C(C)C)c(CO)s2)CC(C)(C)O1. The Balaban J connectivity index is 2.26. The Morgan fingerprint density at radius 3 is 2.68 bits per heavy atom. The van der Waals surface area contributed by atoms with E-state index in [4.69, 9.17) is 9.72 Å². The van der Waals surface area contributed by atoms with E-state index in [1.165, 1.54) is 0 Å². The molecular weight excluding hydrogens is 260 g/mol. The van der Waals surface area contributed by atoms with Crippen LogP contribution in [0.15, 0.2) is 0 Å². The van der Waals surface area contributed by atoms with Gasteiger partial charge in [0.15, 0.2) is 5.13 Å². The van der Waals surface area contributed by atoms with Gasteiger partial charge in [0.2, 0.25) is 0 Å². The fourth-order valence-electron chi connectivity index (χ4n) is 2.65. The predicted molar refractivity (Wildman–Crippen MR) is 79.0 cm³/mol. The zero-order valence-electron chi connectivity index (χ0n) is 12.4. The summed E-state index contributed by atoms with van der Waals surface area (Å²) in [5, 5.41) is 10.5. The maximum atomic E-state index is 9.46. The van der Waals surface area contributed by atoms with Crippen LogP contribution in [0.5, 0.6) is 0 Å². The van der Waals surface area contributed by atoms with Gasteiger partial charge in [-0.1, -0.05) is 25.2 Å². The lowest BCUT2D eigenvalue weighted by Crippen LogP contribution is -2.52. The number of nitrogens with zero attached hydrogens (tertiary/aromatic N) is 2. The molecule has 1 aliphatic heterocycles. The van der Waals surface area contributed by atoms with E-state index in [0.29, 0.717) is 5.92 Å². The van der Waals surface area contributed by atoms with E-state index >= 15 is 0 Å². The molecular formula is C14H24N2O2S. The number of ether oxygens (including phenoxy) is 1. The largest absolute Gasteiger partial charge is 0.391 e. The lowest BCUT2D eigenvalue weighted by molar-refractivity contribution is -0.0749. The first-order valence-corrected chi connectivity index (χ1v) is 7.67. The second kappa shape index (κ2) is 5.38. The van der Waals surface area contributed by atoms with E-state index in [2.05, 4.69) is 39.5 Å². The Labute approximate surface area is 119 Å². The van der Waals surface area contributed by atoms with Crippen LogP contribution >= 0.6 is 11.3 Å². The molecule has 0 radical (unpaired) electrons. The second-order valence-electron chi connectivity index (χ2n) is 6.19. The van der Waals surface area contributed by atoms with Crippen LogP contribution in [0.4, 0.5) is 5.13 Å². The van der Waals surface area contributed by atoms with Gasteiger partial charge in [0.05, 0.1) is 28.9 Å². The van der Waals surface area contributed by atoms with Gasteiger partial charge in [-0.05, 0) is 26.7 Å². The van der Waals surface area contributed by atoms with Crippen LogP contribution in [0.25, 0.3) is 0 Å². The highest BCUT2D eigenvalue weighted by Gasteiger charge is 2.33. The molecule has 2 heterocycles. The number of aliphatic hydroxyl groups excluding tert-OH is 1. The van der Waals surface area contributed by atoms with Crippen LogP contribution in [-0.4, -0.2) is 34.9 Å². The summed E-state index contributed by atoms with van der Waals surface area (Å²) >= 11 is 1.61. The number of thiazole rings is 1. The van der Waals surface area contributed by atoms with E-state index in [9.17, 15) is 5.11 Å². The molecule has 0 amide bonds. The van der Waals surface area contributed by atoms with Crippen molar-refractivity contribution in [3.05, 3.63) is 10.6 Å². The van der Waals surface area contributed by atoms with Gasteiger partial charge in [0.1, 0.15) is 0 Å². The van der Waals surface area contributed by atoms with E-state index in [0.717, 1.165) is 28.8 Å². The fraction of sp³-hybridized carbons (Fsp3) is 0.786. The first-order chi connectivity index (χ1) is 8.82. The molecule has 5 heteroatoms. The quantitative estimate of drug-likeness (QED) is 0.927. The Bertz CT molecular complexity index is 443. The topological polar surface area (TPSA) is 45.6 Å². The monoisotopic (exact) mass is 284 g/mol. The number of aromatic nitrogens is 1. The molecule has 108 valence electrons. The van der Waals surface area contributed by atoms with E-state index in [-0.39, 0.29) is 18.3 Å². The molecule has 0 spiro atoms. The van der Waals surface area contributed by atoms with E-state index < -0.39 is 0 Å². The molecule has 0 bridgehead atoms. The van der Waals surface area contributed by atoms with Crippen LogP contribution in [0, 0.1) is 0 Å². The molecule has 1 aliphatic rings. The van der Waals surface area contributed by atoms with Crippen LogP contribution in [-0.2, 0) is 11.3 Å². The highest BCUT2D eigenvalue weighted by Crippen LogP contribution is 2.33. The Hall–Kier alpha value is -0.650. The number of hydrogen-bond donors (Lipinski definition) is 1. The highest BCUT2D eigenvalue weighted by molar-refractivity contribution is 7.15. The number of morpholine rings is 1. The minimum absolute atomic E-state index is 0.0778. The summed E-state index contributed by atoms with van der Waals surface area (Å²) < 4.78 is 5.92. The van der Waals surface area contributed by atoms with Gasteiger partial charge >= 0.3 is 0 Å². The Morgan fingerprint density at radius 2 is 2.21 bits per heavy atom. The molecule has 0 aromatic carbocycles. The summed E-state index contributed by atoms with van der Waals surface area (Å²) in [5.74, 6) is 0.346. The normalized spacial score (nSPS) is 23.1. The van der Waals surface area contributed by atoms with E-state index in [1.54, 1.807) is 11.3 Å². The highest BCUT2D eigenvalue weighted by atomic mass is 32.1. The average molecular weight is 284 g/mol. The van der Waals surface area contributed by atoms with Gasteiger partial charge in [-0.3, -0.25) is 0 Å². The lowest BCUT2D eigenvalue weighted by atomic mass is 10.1. The minimum Gasteiger partial charge on any atom is -0.391 e. The number of rotatable bonds is 3. The van der Waals surface area contributed by atoms with Gasteiger partial charge in [0.25, 0.3) is 0 Å². The molecule has 1 unspecified atom stereocenters. The molecule has 19 heavy (non-hydrogen) atoms. The van der Waals surface area contributed by atoms with Gasteiger partial charge in [-0.25, -0.2) is 4.98 Å². The van der Waals surface area contributed by atoms with Crippen molar-refractivity contribution in [2.24, 2.45) is 0 Å². The summed E-state index contributed by atoms with van der Waals surface area (Å²) in [5.41, 5.74) is 0.875. The van der Waals surface area contributed by atoms with Crippen molar-refractivity contribution in [3.8, 4) is 0 Å². The van der Waals surface area contributed by atoms with Crippen LogP contribution < -0.4 is 4.90 Å². The molecule has 1 aromatic heterocycles. The van der Waals surface area contributed by atoms with Gasteiger partial charge in [-0.2, -0.15) is 0 Å². The summed E-state index contributed by atoms with van der Waals surface area (Å²) in [7, 11) is 0. The van der Waals surface area contributed by atoms with Crippen molar-refractivity contribution in [2.45, 2.75) is 58.8 Å². The minimum atomic E-state index is -0.152. The smallest absolute Gasteiger partial charge is 0.186 e. The van der Waals surface area contributed by atoms with Crippen molar-refractivity contribution >= 4 is 16.5 Å². The van der Waals surface area contributed by atoms with Crippen LogP contribution in [0.2, 0.25) is 0 Å². The number of anilines is 1. The molecule has 1 saturated heterocycles. The van der Waals surface area contributed by atoms with Crippen molar-refractivity contribution in [3.63, 3.8) is 0 Å². The van der Waals surface area contributed by atoms with E-state index in [1.807, 2.05) is 0 Å². The number of aliphatic hydroxyl groups is 1. The molecule has 1 atom stereocenters.